The van der Waals surface area contributed by atoms with Crippen LogP contribution >= 0.6 is 0 Å². The fourth-order valence-electron chi connectivity index (χ4n) is 1.60. The zero-order valence-corrected chi connectivity index (χ0v) is 10.3. The van der Waals surface area contributed by atoms with Crippen molar-refractivity contribution < 1.29 is 9.53 Å². The third-order valence-corrected chi connectivity index (χ3v) is 2.38. The summed E-state index contributed by atoms with van der Waals surface area (Å²) in [6.07, 6.45) is 1.96. The molecule has 0 aliphatic rings. The van der Waals surface area contributed by atoms with Crippen LogP contribution in [0.5, 0.6) is 0 Å². The van der Waals surface area contributed by atoms with E-state index in [4.69, 9.17) is 4.74 Å². The Morgan fingerprint density at radius 2 is 2.38 bits per heavy atom. The molecular weight excluding hydrogens is 206 g/mol. The predicted molar refractivity (Wildman–Crippen MR) is 61.0 cm³/mol. The average molecular weight is 225 g/mol. The second kappa shape index (κ2) is 5.65. The minimum Gasteiger partial charge on any atom is -0.465 e. The van der Waals surface area contributed by atoms with E-state index in [-0.39, 0.29) is 18.6 Å². The summed E-state index contributed by atoms with van der Waals surface area (Å²) in [7, 11) is 1.88. The standard InChI is InChI=1S/C11H19N3O2/c1-5-16-11(15)6-12-8(2)10-7-14(4)13-9(10)3/h7-8,12H,5-6H2,1-4H3. The van der Waals surface area contributed by atoms with Gasteiger partial charge in [-0.05, 0) is 20.8 Å². The van der Waals surface area contributed by atoms with Gasteiger partial charge in [0.1, 0.15) is 0 Å². The van der Waals surface area contributed by atoms with Crippen LogP contribution in [0.25, 0.3) is 0 Å². The van der Waals surface area contributed by atoms with Crippen LogP contribution in [0.1, 0.15) is 31.1 Å². The minimum atomic E-state index is -0.226. The summed E-state index contributed by atoms with van der Waals surface area (Å²) >= 11 is 0. The number of carbonyl (C=O) groups is 1. The van der Waals surface area contributed by atoms with Gasteiger partial charge in [0.05, 0.1) is 18.8 Å². The van der Waals surface area contributed by atoms with Gasteiger partial charge >= 0.3 is 5.97 Å². The number of aromatic nitrogens is 2. The zero-order chi connectivity index (χ0) is 12.1. The number of aryl methyl sites for hydroxylation is 2. The van der Waals surface area contributed by atoms with Crippen LogP contribution in [-0.4, -0.2) is 28.9 Å². The SMILES string of the molecule is CCOC(=O)CNC(C)c1cn(C)nc1C. The lowest BCUT2D eigenvalue weighted by atomic mass is 10.1. The van der Waals surface area contributed by atoms with Crippen LogP contribution < -0.4 is 5.32 Å². The first-order valence-electron chi connectivity index (χ1n) is 5.43. The van der Waals surface area contributed by atoms with Crippen LogP contribution in [0.2, 0.25) is 0 Å². The second-order valence-electron chi connectivity index (χ2n) is 3.75. The van der Waals surface area contributed by atoms with Gasteiger partial charge in [-0.3, -0.25) is 9.48 Å². The molecule has 1 atom stereocenters. The fraction of sp³-hybridized carbons (Fsp3) is 0.636. The number of carbonyl (C=O) groups excluding carboxylic acids is 1. The molecule has 0 aromatic carbocycles. The van der Waals surface area contributed by atoms with E-state index in [0.717, 1.165) is 11.3 Å². The smallest absolute Gasteiger partial charge is 0.319 e. The normalized spacial score (nSPS) is 12.5. The summed E-state index contributed by atoms with van der Waals surface area (Å²) < 4.78 is 6.61. The molecule has 16 heavy (non-hydrogen) atoms. The highest BCUT2D eigenvalue weighted by Crippen LogP contribution is 2.14. The monoisotopic (exact) mass is 225 g/mol. The van der Waals surface area contributed by atoms with Crippen LogP contribution in [0.15, 0.2) is 6.20 Å². The molecule has 0 saturated carbocycles. The molecule has 0 aliphatic heterocycles. The molecule has 1 aromatic heterocycles. The largest absolute Gasteiger partial charge is 0.465 e. The fourth-order valence-corrected chi connectivity index (χ4v) is 1.60. The van der Waals surface area contributed by atoms with Crippen molar-refractivity contribution in [3.05, 3.63) is 17.5 Å². The summed E-state index contributed by atoms with van der Waals surface area (Å²) in [6.45, 7) is 6.40. The summed E-state index contributed by atoms with van der Waals surface area (Å²) in [5, 5.41) is 7.37. The highest BCUT2D eigenvalue weighted by Gasteiger charge is 2.12. The molecule has 0 radical (unpaired) electrons. The number of rotatable bonds is 5. The highest BCUT2D eigenvalue weighted by molar-refractivity contribution is 5.71. The Morgan fingerprint density at radius 3 is 2.88 bits per heavy atom. The first kappa shape index (κ1) is 12.7. The average Bonchev–Trinajstić information content (AvgIpc) is 2.55. The van der Waals surface area contributed by atoms with Crippen LogP contribution in [-0.2, 0) is 16.6 Å². The van der Waals surface area contributed by atoms with E-state index in [1.54, 1.807) is 11.6 Å². The maximum Gasteiger partial charge on any atom is 0.319 e. The third-order valence-electron chi connectivity index (χ3n) is 2.38. The lowest BCUT2D eigenvalue weighted by Gasteiger charge is -2.12. The maximum absolute atomic E-state index is 11.2. The first-order chi connectivity index (χ1) is 7.54. The molecule has 1 heterocycles. The first-order valence-corrected chi connectivity index (χ1v) is 5.43. The van der Waals surface area contributed by atoms with E-state index in [1.807, 2.05) is 27.1 Å². The van der Waals surface area contributed by atoms with Crippen molar-refractivity contribution in [2.45, 2.75) is 26.8 Å². The van der Waals surface area contributed by atoms with Crippen molar-refractivity contribution in [2.75, 3.05) is 13.2 Å². The van der Waals surface area contributed by atoms with Crippen LogP contribution in [0.3, 0.4) is 0 Å². The van der Waals surface area contributed by atoms with E-state index in [0.29, 0.717) is 6.61 Å². The lowest BCUT2D eigenvalue weighted by Crippen LogP contribution is -2.27. The molecule has 1 unspecified atom stereocenters. The van der Waals surface area contributed by atoms with Gasteiger partial charge in [0.15, 0.2) is 0 Å². The topological polar surface area (TPSA) is 56.1 Å². The van der Waals surface area contributed by atoms with Gasteiger partial charge in [-0.25, -0.2) is 0 Å². The Morgan fingerprint density at radius 1 is 1.69 bits per heavy atom. The van der Waals surface area contributed by atoms with E-state index >= 15 is 0 Å². The number of nitrogens with one attached hydrogen (secondary N) is 1. The van der Waals surface area contributed by atoms with Crippen molar-refractivity contribution in [2.24, 2.45) is 7.05 Å². The van der Waals surface area contributed by atoms with E-state index < -0.39 is 0 Å². The lowest BCUT2D eigenvalue weighted by molar-refractivity contribution is -0.142. The third kappa shape index (κ3) is 3.34. The molecule has 5 heteroatoms. The number of ether oxygens (including phenoxy) is 1. The van der Waals surface area contributed by atoms with Crippen molar-refractivity contribution in [3.63, 3.8) is 0 Å². The molecule has 90 valence electrons. The molecular formula is C11H19N3O2. The molecule has 0 saturated heterocycles. The summed E-state index contributed by atoms with van der Waals surface area (Å²) in [5.41, 5.74) is 2.08. The Labute approximate surface area is 95.8 Å². The number of esters is 1. The Kier molecular flexibility index (Phi) is 4.49. The van der Waals surface area contributed by atoms with Gasteiger partial charge in [-0.2, -0.15) is 5.10 Å². The van der Waals surface area contributed by atoms with Crippen molar-refractivity contribution in [1.82, 2.24) is 15.1 Å². The van der Waals surface area contributed by atoms with Gasteiger partial charge in [0, 0.05) is 24.8 Å². The van der Waals surface area contributed by atoms with Gasteiger partial charge in [0.2, 0.25) is 0 Å². The minimum absolute atomic E-state index is 0.0955. The zero-order valence-electron chi connectivity index (χ0n) is 10.3. The molecule has 1 N–H and O–H groups in total. The summed E-state index contributed by atoms with van der Waals surface area (Å²) in [6, 6.07) is 0.0955. The molecule has 0 fully saturated rings. The van der Waals surface area contributed by atoms with E-state index in [1.165, 1.54) is 0 Å². The summed E-state index contributed by atoms with van der Waals surface area (Å²) in [5.74, 6) is -0.226. The van der Waals surface area contributed by atoms with Gasteiger partial charge in [0.25, 0.3) is 0 Å². The highest BCUT2D eigenvalue weighted by atomic mass is 16.5. The molecule has 0 aliphatic carbocycles. The van der Waals surface area contributed by atoms with Gasteiger partial charge in [-0.15, -0.1) is 0 Å². The Hall–Kier alpha value is -1.36. The van der Waals surface area contributed by atoms with Crippen molar-refractivity contribution >= 4 is 5.97 Å². The van der Waals surface area contributed by atoms with Gasteiger partial charge < -0.3 is 10.1 Å². The number of hydrogen-bond acceptors (Lipinski definition) is 4. The predicted octanol–water partition coefficient (Wildman–Crippen LogP) is 0.942. The molecule has 0 bridgehead atoms. The Balaban J connectivity index is 2.49. The summed E-state index contributed by atoms with van der Waals surface area (Å²) in [4.78, 5) is 11.2. The molecule has 5 nitrogen and oxygen atoms in total. The van der Waals surface area contributed by atoms with Crippen LogP contribution in [0.4, 0.5) is 0 Å². The van der Waals surface area contributed by atoms with E-state index in [2.05, 4.69) is 10.4 Å². The number of nitrogens with zero attached hydrogens (tertiary/aromatic N) is 2. The molecule has 1 aromatic rings. The molecule has 1 rings (SSSR count). The Bertz CT molecular complexity index is 360. The maximum atomic E-state index is 11.2. The van der Waals surface area contributed by atoms with Crippen molar-refractivity contribution in [1.29, 1.82) is 0 Å². The van der Waals surface area contributed by atoms with Gasteiger partial charge in [-0.1, -0.05) is 0 Å². The quantitative estimate of drug-likeness (QED) is 0.758. The molecule has 0 spiro atoms. The van der Waals surface area contributed by atoms with Crippen LogP contribution in [0, 0.1) is 6.92 Å². The number of hydrogen-bond donors (Lipinski definition) is 1. The van der Waals surface area contributed by atoms with E-state index in [9.17, 15) is 4.79 Å². The molecule has 0 amide bonds. The van der Waals surface area contributed by atoms with Crippen molar-refractivity contribution in [3.8, 4) is 0 Å². The second-order valence-corrected chi connectivity index (χ2v) is 3.75.